The Morgan fingerprint density at radius 1 is 1.29 bits per heavy atom. The molecular formula is C13H18O4. The lowest BCUT2D eigenvalue weighted by atomic mass is 9.84. The van der Waals surface area contributed by atoms with Gasteiger partial charge in [0.1, 0.15) is 12.4 Å². The van der Waals surface area contributed by atoms with Gasteiger partial charge in [-0.05, 0) is 19.9 Å². The Bertz CT molecular complexity index is 385. The van der Waals surface area contributed by atoms with E-state index >= 15 is 0 Å². The van der Waals surface area contributed by atoms with Crippen molar-refractivity contribution in [1.29, 1.82) is 0 Å². The fourth-order valence-corrected chi connectivity index (χ4v) is 1.46. The molecule has 4 nitrogen and oxygen atoms in total. The van der Waals surface area contributed by atoms with Gasteiger partial charge >= 0.3 is 5.97 Å². The molecule has 0 bridgehead atoms. The maximum Gasteiger partial charge on any atom is 0.313 e. The van der Waals surface area contributed by atoms with Crippen LogP contribution in [0.1, 0.15) is 19.4 Å². The van der Waals surface area contributed by atoms with Crippen molar-refractivity contribution in [2.24, 2.45) is 0 Å². The van der Waals surface area contributed by atoms with Gasteiger partial charge in [-0.15, -0.1) is 0 Å². The van der Waals surface area contributed by atoms with Crippen molar-refractivity contribution in [3.63, 3.8) is 0 Å². The zero-order valence-corrected chi connectivity index (χ0v) is 10.4. The van der Waals surface area contributed by atoms with Crippen molar-refractivity contribution >= 4 is 5.97 Å². The van der Waals surface area contributed by atoms with E-state index in [9.17, 15) is 9.90 Å². The summed E-state index contributed by atoms with van der Waals surface area (Å²) in [7, 11) is 1.59. The number of benzene rings is 1. The van der Waals surface area contributed by atoms with Gasteiger partial charge in [-0.3, -0.25) is 4.79 Å². The molecular weight excluding hydrogens is 220 g/mol. The number of methoxy groups -OCH3 is 1. The van der Waals surface area contributed by atoms with Crippen LogP contribution >= 0.6 is 0 Å². The first-order valence-electron chi connectivity index (χ1n) is 5.44. The van der Waals surface area contributed by atoms with Crippen molar-refractivity contribution in [2.75, 3.05) is 20.3 Å². The molecule has 0 amide bonds. The third kappa shape index (κ3) is 3.20. The second-order valence-corrected chi connectivity index (χ2v) is 4.27. The molecule has 0 radical (unpaired) electrons. The van der Waals surface area contributed by atoms with E-state index in [4.69, 9.17) is 9.47 Å². The summed E-state index contributed by atoms with van der Waals surface area (Å²) in [4.78, 5) is 11.2. The minimum absolute atomic E-state index is 0.406. The number of hydrogen-bond donors (Lipinski definition) is 1. The number of carboxylic acids is 1. The monoisotopic (exact) mass is 238 g/mol. The van der Waals surface area contributed by atoms with E-state index in [2.05, 4.69) is 0 Å². The molecule has 0 spiro atoms. The lowest BCUT2D eigenvalue weighted by Gasteiger charge is -2.22. The Morgan fingerprint density at radius 2 is 1.94 bits per heavy atom. The number of rotatable bonds is 6. The van der Waals surface area contributed by atoms with Crippen LogP contribution < -0.4 is 4.74 Å². The highest BCUT2D eigenvalue weighted by Gasteiger charge is 2.32. The fourth-order valence-electron chi connectivity index (χ4n) is 1.46. The maximum atomic E-state index is 11.2. The van der Waals surface area contributed by atoms with Crippen LogP contribution in [0.2, 0.25) is 0 Å². The lowest BCUT2D eigenvalue weighted by Crippen LogP contribution is -2.29. The Hall–Kier alpha value is -1.55. The number of aliphatic carboxylic acids is 1. The molecule has 0 aliphatic carbocycles. The molecule has 17 heavy (non-hydrogen) atoms. The fraction of sp³-hybridized carbons (Fsp3) is 0.462. The SMILES string of the molecule is COCCOc1ccccc1C(C)(C)C(=O)O. The van der Waals surface area contributed by atoms with E-state index in [1.54, 1.807) is 33.1 Å². The summed E-state index contributed by atoms with van der Waals surface area (Å²) in [6, 6.07) is 7.18. The average Bonchev–Trinajstić information content (AvgIpc) is 2.29. The summed E-state index contributed by atoms with van der Waals surface area (Å²) in [5, 5.41) is 9.21. The van der Waals surface area contributed by atoms with Gasteiger partial charge in [0.05, 0.1) is 12.0 Å². The van der Waals surface area contributed by atoms with Gasteiger partial charge in [-0.2, -0.15) is 0 Å². The van der Waals surface area contributed by atoms with Crippen LogP contribution in [0.3, 0.4) is 0 Å². The van der Waals surface area contributed by atoms with Gasteiger partial charge in [-0.25, -0.2) is 0 Å². The van der Waals surface area contributed by atoms with Crippen LogP contribution in [0, 0.1) is 0 Å². The Kier molecular flexibility index (Phi) is 4.52. The minimum Gasteiger partial charge on any atom is -0.491 e. The molecule has 94 valence electrons. The first-order valence-corrected chi connectivity index (χ1v) is 5.44. The van der Waals surface area contributed by atoms with Crippen LogP contribution in [0.25, 0.3) is 0 Å². The third-order valence-electron chi connectivity index (χ3n) is 2.64. The molecule has 0 aliphatic heterocycles. The predicted octanol–water partition coefficient (Wildman–Crippen LogP) is 2.07. The van der Waals surface area contributed by atoms with Crippen molar-refractivity contribution < 1.29 is 19.4 Å². The van der Waals surface area contributed by atoms with Gasteiger partial charge < -0.3 is 14.6 Å². The quantitative estimate of drug-likeness (QED) is 0.771. The van der Waals surface area contributed by atoms with E-state index in [1.807, 2.05) is 12.1 Å². The molecule has 1 N–H and O–H groups in total. The topological polar surface area (TPSA) is 55.8 Å². The highest BCUT2D eigenvalue weighted by Crippen LogP contribution is 2.31. The lowest BCUT2D eigenvalue weighted by molar-refractivity contribution is -0.142. The molecule has 0 saturated carbocycles. The van der Waals surface area contributed by atoms with Gasteiger partial charge in [-0.1, -0.05) is 18.2 Å². The van der Waals surface area contributed by atoms with Crippen molar-refractivity contribution in [3.05, 3.63) is 29.8 Å². The second kappa shape index (κ2) is 5.68. The number of carboxylic acid groups (broad SMARTS) is 1. The molecule has 4 heteroatoms. The van der Waals surface area contributed by atoms with Gasteiger partial charge in [0, 0.05) is 12.7 Å². The van der Waals surface area contributed by atoms with E-state index in [1.165, 1.54) is 0 Å². The highest BCUT2D eigenvalue weighted by molar-refractivity contribution is 5.81. The number of ether oxygens (including phenoxy) is 2. The number of para-hydroxylation sites is 1. The van der Waals surface area contributed by atoms with E-state index in [0.29, 0.717) is 24.5 Å². The molecule has 0 heterocycles. The molecule has 0 saturated heterocycles. The zero-order valence-electron chi connectivity index (χ0n) is 10.4. The van der Waals surface area contributed by atoms with Crippen molar-refractivity contribution in [2.45, 2.75) is 19.3 Å². The molecule has 0 unspecified atom stereocenters. The Balaban J connectivity index is 2.95. The molecule has 0 aliphatic rings. The largest absolute Gasteiger partial charge is 0.491 e. The summed E-state index contributed by atoms with van der Waals surface area (Å²) in [6.45, 7) is 4.20. The number of carbonyl (C=O) groups is 1. The molecule has 1 aromatic rings. The summed E-state index contributed by atoms with van der Waals surface area (Å²) in [6.07, 6.45) is 0. The van der Waals surface area contributed by atoms with Crippen LogP contribution in [0.4, 0.5) is 0 Å². The summed E-state index contributed by atoms with van der Waals surface area (Å²) >= 11 is 0. The summed E-state index contributed by atoms with van der Waals surface area (Å²) in [5.41, 5.74) is -0.299. The molecule has 0 aromatic heterocycles. The van der Waals surface area contributed by atoms with Crippen LogP contribution in [-0.2, 0) is 14.9 Å². The molecule has 1 rings (SSSR count). The average molecular weight is 238 g/mol. The van der Waals surface area contributed by atoms with Gasteiger partial charge in [0.15, 0.2) is 0 Å². The third-order valence-corrected chi connectivity index (χ3v) is 2.64. The van der Waals surface area contributed by atoms with E-state index in [0.717, 1.165) is 0 Å². The minimum atomic E-state index is -0.969. The molecule has 0 atom stereocenters. The Labute approximate surface area is 101 Å². The van der Waals surface area contributed by atoms with Crippen LogP contribution in [0.5, 0.6) is 5.75 Å². The van der Waals surface area contributed by atoms with E-state index in [-0.39, 0.29) is 0 Å². The zero-order chi connectivity index (χ0) is 12.9. The van der Waals surface area contributed by atoms with Crippen LogP contribution in [0.15, 0.2) is 24.3 Å². The number of hydrogen-bond acceptors (Lipinski definition) is 3. The summed E-state index contributed by atoms with van der Waals surface area (Å²) < 4.78 is 10.4. The molecule has 1 aromatic carbocycles. The van der Waals surface area contributed by atoms with E-state index < -0.39 is 11.4 Å². The van der Waals surface area contributed by atoms with Crippen molar-refractivity contribution in [1.82, 2.24) is 0 Å². The predicted molar refractivity (Wildman–Crippen MR) is 64.5 cm³/mol. The molecule has 0 fully saturated rings. The first-order chi connectivity index (χ1) is 8.00. The first kappa shape index (κ1) is 13.5. The van der Waals surface area contributed by atoms with Gasteiger partial charge in [0.2, 0.25) is 0 Å². The summed E-state index contributed by atoms with van der Waals surface area (Å²) in [5.74, 6) is -0.280. The van der Waals surface area contributed by atoms with Gasteiger partial charge in [0.25, 0.3) is 0 Å². The normalized spacial score (nSPS) is 11.2. The standard InChI is InChI=1S/C13H18O4/c1-13(2,12(14)15)10-6-4-5-7-11(10)17-9-8-16-3/h4-7H,8-9H2,1-3H3,(H,14,15). The second-order valence-electron chi connectivity index (χ2n) is 4.27. The highest BCUT2D eigenvalue weighted by atomic mass is 16.5. The maximum absolute atomic E-state index is 11.2. The van der Waals surface area contributed by atoms with Crippen molar-refractivity contribution in [3.8, 4) is 5.75 Å². The van der Waals surface area contributed by atoms with Crippen LogP contribution in [-0.4, -0.2) is 31.4 Å². The smallest absolute Gasteiger partial charge is 0.313 e. The Morgan fingerprint density at radius 3 is 2.53 bits per heavy atom.